The third-order valence-corrected chi connectivity index (χ3v) is 3.04. The molecule has 0 aromatic carbocycles. The normalized spacial score (nSPS) is 18.3. The molecule has 0 bridgehead atoms. The summed E-state index contributed by atoms with van der Waals surface area (Å²) in [5.74, 6) is 0. The second kappa shape index (κ2) is 5.23. The van der Waals surface area contributed by atoms with Gasteiger partial charge in [0.15, 0.2) is 0 Å². The van der Waals surface area contributed by atoms with E-state index in [0.29, 0.717) is 0 Å². The molecule has 1 heterocycles. The predicted octanol–water partition coefficient (Wildman–Crippen LogP) is 2.85. The van der Waals surface area contributed by atoms with E-state index in [2.05, 4.69) is 37.2 Å². The maximum Gasteiger partial charge on any atom is 0.0140 e. The van der Waals surface area contributed by atoms with Crippen LogP contribution in [0, 0.1) is 0 Å². The van der Waals surface area contributed by atoms with Gasteiger partial charge in [-0.3, -0.25) is 0 Å². The number of nitrogens with one attached hydrogen (secondary N) is 1. The van der Waals surface area contributed by atoms with Gasteiger partial charge in [-0.25, -0.2) is 0 Å². The van der Waals surface area contributed by atoms with Crippen LogP contribution in [0.2, 0.25) is 0 Å². The number of thiol groups is 1. The van der Waals surface area contributed by atoms with Crippen molar-refractivity contribution in [2.45, 2.75) is 13.3 Å². The topological polar surface area (TPSA) is 12.0 Å². The number of hydrogen-bond donors (Lipinski definition) is 2. The van der Waals surface area contributed by atoms with Crippen LogP contribution >= 0.6 is 12.6 Å². The van der Waals surface area contributed by atoms with Gasteiger partial charge in [-0.2, -0.15) is 0 Å². The number of rotatable bonds is 3. The Balaban J connectivity index is 2.84. The van der Waals surface area contributed by atoms with Crippen LogP contribution in [-0.4, -0.2) is 13.1 Å². The Morgan fingerprint density at radius 3 is 2.86 bits per heavy atom. The highest BCUT2D eigenvalue weighted by Gasteiger charge is 2.09. The Bertz CT molecular complexity index is 310. The summed E-state index contributed by atoms with van der Waals surface area (Å²) in [6.45, 7) is 11.8. The van der Waals surface area contributed by atoms with Crippen LogP contribution < -0.4 is 5.32 Å². The van der Waals surface area contributed by atoms with Gasteiger partial charge < -0.3 is 5.32 Å². The largest absolute Gasteiger partial charge is 0.313 e. The first-order valence-electron chi connectivity index (χ1n) is 4.78. The second-order valence-electron chi connectivity index (χ2n) is 3.40. The van der Waals surface area contributed by atoms with Crippen LogP contribution in [0.25, 0.3) is 0 Å². The van der Waals surface area contributed by atoms with Crippen LogP contribution in [0.3, 0.4) is 0 Å². The Kier molecular flexibility index (Phi) is 4.23. The van der Waals surface area contributed by atoms with E-state index in [0.717, 1.165) is 35.6 Å². The fraction of sp³-hybridized carbons (Fsp3) is 0.333. The highest BCUT2D eigenvalue weighted by Crippen LogP contribution is 2.26. The van der Waals surface area contributed by atoms with Gasteiger partial charge in [-0.15, -0.1) is 12.6 Å². The summed E-state index contributed by atoms with van der Waals surface area (Å²) in [5.41, 5.74) is 3.42. The molecule has 0 fully saturated rings. The minimum atomic E-state index is 0.933. The van der Waals surface area contributed by atoms with Crippen molar-refractivity contribution >= 4 is 12.6 Å². The molecule has 0 saturated carbocycles. The molecule has 0 saturated heterocycles. The lowest BCUT2D eigenvalue weighted by Crippen LogP contribution is -2.21. The van der Waals surface area contributed by atoms with Gasteiger partial charge in [-0.1, -0.05) is 25.3 Å². The van der Waals surface area contributed by atoms with Crippen molar-refractivity contribution in [2.75, 3.05) is 13.1 Å². The Morgan fingerprint density at radius 1 is 1.64 bits per heavy atom. The van der Waals surface area contributed by atoms with Gasteiger partial charge in [0.2, 0.25) is 0 Å². The zero-order valence-corrected chi connectivity index (χ0v) is 9.53. The molecule has 0 aromatic rings. The fourth-order valence-electron chi connectivity index (χ4n) is 1.38. The van der Waals surface area contributed by atoms with Gasteiger partial charge in [-0.05, 0) is 36.6 Å². The first kappa shape index (κ1) is 11.3. The zero-order valence-electron chi connectivity index (χ0n) is 8.64. The van der Waals surface area contributed by atoms with Crippen molar-refractivity contribution in [3.05, 3.63) is 46.9 Å². The molecule has 1 rings (SSSR count). The van der Waals surface area contributed by atoms with Gasteiger partial charge in [0.1, 0.15) is 0 Å². The number of allylic oxidation sites excluding steroid dienone is 3. The van der Waals surface area contributed by atoms with E-state index in [9.17, 15) is 0 Å². The van der Waals surface area contributed by atoms with Crippen LogP contribution in [-0.2, 0) is 0 Å². The Morgan fingerprint density at radius 2 is 2.36 bits per heavy atom. The van der Waals surface area contributed by atoms with E-state index in [1.165, 1.54) is 5.57 Å². The maximum absolute atomic E-state index is 4.46. The summed E-state index contributed by atoms with van der Waals surface area (Å²) >= 11 is 4.46. The standard InChI is InChI=1S/C12H17NS/c1-4-9(2)12(14)10(3)11-5-7-13-8-6-11/h4-5,13-14H,1,3,6-8H2,2H3/b12-9+. The maximum atomic E-state index is 4.46. The fourth-order valence-corrected chi connectivity index (χ4v) is 1.62. The lowest BCUT2D eigenvalue weighted by molar-refractivity contribution is 0.709. The second-order valence-corrected chi connectivity index (χ2v) is 3.84. The van der Waals surface area contributed by atoms with Crippen LogP contribution in [0.15, 0.2) is 46.9 Å². The van der Waals surface area contributed by atoms with Gasteiger partial charge in [0.05, 0.1) is 0 Å². The average molecular weight is 207 g/mol. The molecule has 0 radical (unpaired) electrons. The summed E-state index contributed by atoms with van der Waals surface area (Å²) in [6, 6.07) is 0. The molecular weight excluding hydrogens is 190 g/mol. The summed E-state index contributed by atoms with van der Waals surface area (Å²) < 4.78 is 0. The first-order chi connectivity index (χ1) is 6.66. The van der Waals surface area contributed by atoms with E-state index in [4.69, 9.17) is 0 Å². The molecule has 1 N–H and O–H groups in total. The van der Waals surface area contributed by atoms with Crippen LogP contribution in [0.4, 0.5) is 0 Å². The zero-order chi connectivity index (χ0) is 10.6. The SMILES string of the molecule is C=C/C(C)=C(/S)C(=C)C1=CCNCC1. The quantitative estimate of drug-likeness (QED) is 0.535. The van der Waals surface area contributed by atoms with Gasteiger partial charge >= 0.3 is 0 Å². The molecular formula is C12H17NS. The highest BCUT2D eigenvalue weighted by molar-refractivity contribution is 7.84. The van der Waals surface area contributed by atoms with Crippen LogP contribution in [0.1, 0.15) is 13.3 Å². The van der Waals surface area contributed by atoms with Crippen molar-refractivity contribution in [1.29, 1.82) is 0 Å². The molecule has 0 aromatic heterocycles. The molecule has 1 aliphatic heterocycles. The summed E-state index contributed by atoms with van der Waals surface area (Å²) in [6.07, 6.45) is 5.03. The molecule has 0 amide bonds. The average Bonchev–Trinajstić information content (AvgIpc) is 2.27. The van der Waals surface area contributed by atoms with E-state index < -0.39 is 0 Å². The van der Waals surface area contributed by atoms with E-state index in [1.54, 1.807) is 0 Å². The smallest absolute Gasteiger partial charge is 0.0140 e. The summed E-state index contributed by atoms with van der Waals surface area (Å²) in [4.78, 5) is 0.952. The molecule has 1 nitrogen and oxygen atoms in total. The Labute approximate surface area is 91.7 Å². The van der Waals surface area contributed by atoms with E-state index in [1.807, 2.05) is 13.0 Å². The van der Waals surface area contributed by atoms with E-state index in [-0.39, 0.29) is 0 Å². The lowest BCUT2D eigenvalue weighted by atomic mass is 9.99. The highest BCUT2D eigenvalue weighted by atomic mass is 32.1. The minimum absolute atomic E-state index is 0.933. The Hall–Kier alpha value is -0.730. The molecule has 0 spiro atoms. The lowest BCUT2D eigenvalue weighted by Gasteiger charge is -2.17. The van der Waals surface area contributed by atoms with Crippen molar-refractivity contribution in [1.82, 2.24) is 5.32 Å². The van der Waals surface area contributed by atoms with Gasteiger partial charge in [0, 0.05) is 11.4 Å². The molecule has 1 aliphatic rings. The monoisotopic (exact) mass is 207 g/mol. The molecule has 14 heavy (non-hydrogen) atoms. The summed E-state index contributed by atoms with van der Waals surface area (Å²) in [7, 11) is 0. The van der Waals surface area contributed by atoms with Crippen molar-refractivity contribution in [3.63, 3.8) is 0 Å². The van der Waals surface area contributed by atoms with E-state index >= 15 is 0 Å². The number of hydrogen-bond acceptors (Lipinski definition) is 2. The first-order valence-corrected chi connectivity index (χ1v) is 5.23. The third-order valence-electron chi connectivity index (χ3n) is 2.42. The van der Waals surface area contributed by atoms with Crippen molar-refractivity contribution in [3.8, 4) is 0 Å². The molecule has 0 unspecified atom stereocenters. The molecule has 0 atom stereocenters. The van der Waals surface area contributed by atoms with Crippen molar-refractivity contribution < 1.29 is 0 Å². The molecule has 76 valence electrons. The predicted molar refractivity (Wildman–Crippen MR) is 66.6 cm³/mol. The summed E-state index contributed by atoms with van der Waals surface area (Å²) in [5, 5.41) is 3.27. The third kappa shape index (κ3) is 2.63. The van der Waals surface area contributed by atoms with Crippen LogP contribution in [0.5, 0.6) is 0 Å². The molecule has 0 aliphatic carbocycles. The molecule has 2 heteroatoms. The minimum Gasteiger partial charge on any atom is -0.313 e. The van der Waals surface area contributed by atoms with Crippen molar-refractivity contribution in [2.24, 2.45) is 0 Å². The van der Waals surface area contributed by atoms with Gasteiger partial charge in [0.25, 0.3) is 0 Å².